The highest BCUT2D eigenvalue weighted by Gasteiger charge is 2.26. The predicted octanol–water partition coefficient (Wildman–Crippen LogP) is 1.61. The molecule has 0 aliphatic carbocycles. The molecule has 0 spiro atoms. The van der Waals surface area contributed by atoms with E-state index in [1.807, 2.05) is 6.26 Å². The zero-order valence-electron chi connectivity index (χ0n) is 12.3. The van der Waals surface area contributed by atoms with Crippen LogP contribution >= 0.6 is 11.8 Å². The number of ether oxygens (including phenoxy) is 2. The first-order valence-electron chi connectivity index (χ1n) is 6.59. The van der Waals surface area contributed by atoms with Crippen LogP contribution in [0.5, 0.6) is 0 Å². The molecular weight excluding hydrogens is 284 g/mol. The largest absolute Gasteiger partial charge is 0.449 e. The van der Waals surface area contributed by atoms with E-state index in [4.69, 9.17) is 14.6 Å². The number of amides is 2. The standard InChI is InChI=1S/C12H24N2O5S/c1-4-18-11(16)13-14(12(17)19-5-2)10(9-20-3)7-6-8-15/h10,15H,4-9H2,1-3H3,(H,13,16)/t10-/m0/s1. The molecule has 1 atom stereocenters. The van der Waals surface area contributed by atoms with Crippen LogP contribution in [0.1, 0.15) is 26.7 Å². The van der Waals surface area contributed by atoms with Crippen LogP contribution < -0.4 is 5.43 Å². The number of hydrogen-bond donors (Lipinski definition) is 2. The Hall–Kier alpha value is -1.15. The lowest BCUT2D eigenvalue weighted by atomic mass is 10.2. The second-order valence-electron chi connectivity index (χ2n) is 3.88. The third-order valence-corrected chi connectivity index (χ3v) is 3.09. The quantitative estimate of drug-likeness (QED) is 0.662. The molecule has 0 aromatic carbocycles. The monoisotopic (exact) mass is 308 g/mol. The molecule has 0 aromatic rings. The predicted molar refractivity (Wildman–Crippen MR) is 77.5 cm³/mol. The van der Waals surface area contributed by atoms with E-state index in [1.165, 1.54) is 0 Å². The molecule has 0 saturated heterocycles. The van der Waals surface area contributed by atoms with Gasteiger partial charge in [-0.15, -0.1) is 0 Å². The molecule has 0 radical (unpaired) electrons. The van der Waals surface area contributed by atoms with Crippen LogP contribution in [0.15, 0.2) is 0 Å². The Balaban J connectivity index is 4.82. The fourth-order valence-corrected chi connectivity index (χ4v) is 2.25. The van der Waals surface area contributed by atoms with Gasteiger partial charge in [0.2, 0.25) is 0 Å². The van der Waals surface area contributed by atoms with Crippen LogP contribution in [0, 0.1) is 0 Å². The summed E-state index contributed by atoms with van der Waals surface area (Å²) in [6, 6.07) is -0.263. The number of aliphatic hydroxyl groups excluding tert-OH is 1. The Morgan fingerprint density at radius 3 is 2.45 bits per heavy atom. The molecule has 2 amide bonds. The van der Waals surface area contributed by atoms with Crippen molar-refractivity contribution in [3.63, 3.8) is 0 Å². The van der Waals surface area contributed by atoms with E-state index in [2.05, 4.69) is 5.43 Å². The van der Waals surface area contributed by atoms with Crippen LogP contribution in [-0.2, 0) is 9.47 Å². The fourth-order valence-electron chi connectivity index (χ4n) is 1.55. The first-order chi connectivity index (χ1) is 9.60. The summed E-state index contributed by atoms with van der Waals surface area (Å²) in [7, 11) is 0. The van der Waals surface area contributed by atoms with Crippen molar-refractivity contribution in [3.05, 3.63) is 0 Å². The zero-order chi connectivity index (χ0) is 15.4. The summed E-state index contributed by atoms with van der Waals surface area (Å²) in [5, 5.41) is 10.1. The normalized spacial score (nSPS) is 11.6. The molecule has 118 valence electrons. The lowest BCUT2D eigenvalue weighted by Crippen LogP contribution is -2.53. The van der Waals surface area contributed by atoms with E-state index >= 15 is 0 Å². The van der Waals surface area contributed by atoms with E-state index in [0.29, 0.717) is 18.6 Å². The van der Waals surface area contributed by atoms with Crippen LogP contribution in [0.4, 0.5) is 9.59 Å². The van der Waals surface area contributed by atoms with Crippen LogP contribution in [0.25, 0.3) is 0 Å². The number of thioether (sulfide) groups is 1. The van der Waals surface area contributed by atoms with Crippen LogP contribution in [0.3, 0.4) is 0 Å². The maximum absolute atomic E-state index is 11.9. The van der Waals surface area contributed by atoms with Gasteiger partial charge >= 0.3 is 12.2 Å². The molecule has 0 saturated carbocycles. The average Bonchev–Trinajstić information content (AvgIpc) is 2.41. The van der Waals surface area contributed by atoms with E-state index in [1.54, 1.807) is 25.6 Å². The summed E-state index contributed by atoms with van der Waals surface area (Å²) in [5.74, 6) is 0.616. The molecule has 7 nitrogen and oxygen atoms in total. The van der Waals surface area contributed by atoms with Crippen LogP contribution in [0.2, 0.25) is 0 Å². The zero-order valence-corrected chi connectivity index (χ0v) is 13.1. The van der Waals surface area contributed by atoms with Gasteiger partial charge in [0, 0.05) is 12.4 Å². The first kappa shape index (κ1) is 18.9. The number of hydrazine groups is 1. The number of nitrogens with zero attached hydrogens (tertiary/aromatic N) is 1. The number of carbonyl (C=O) groups excluding carboxylic acids is 2. The van der Waals surface area contributed by atoms with Gasteiger partial charge in [0.05, 0.1) is 19.3 Å². The molecule has 0 aliphatic rings. The summed E-state index contributed by atoms with van der Waals surface area (Å²) in [5.41, 5.74) is 2.40. The molecule has 20 heavy (non-hydrogen) atoms. The molecule has 0 fully saturated rings. The summed E-state index contributed by atoms with van der Waals surface area (Å²) in [4.78, 5) is 23.4. The topological polar surface area (TPSA) is 88.1 Å². The van der Waals surface area contributed by atoms with Gasteiger partial charge in [-0.1, -0.05) is 0 Å². The van der Waals surface area contributed by atoms with E-state index < -0.39 is 12.2 Å². The second-order valence-corrected chi connectivity index (χ2v) is 4.79. The molecule has 0 aromatic heterocycles. The maximum atomic E-state index is 11.9. The molecule has 2 N–H and O–H groups in total. The number of hydrogen-bond acceptors (Lipinski definition) is 6. The SMILES string of the molecule is CCOC(=O)NN(C(=O)OCC)[C@@H](CCCO)CSC. The van der Waals surface area contributed by atoms with Crippen molar-refractivity contribution >= 4 is 23.9 Å². The minimum Gasteiger partial charge on any atom is -0.449 e. The Labute approximate surface area is 124 Å². The minimum absolute atomic E-state index is 0.0287. The van der Waals surface area contributed by atoms with E-state index in [-0.39, 0.29) is 25.9 Å². The molecule has 0 aliphatic heterocycles. The molecule has 0 unspecified atom stereocenters. The Morgan fingerprint density at radius 2 is 1.95 bits per heavy atom. The Bertz CT molecular complexity index is 291. The third kappa shape index (κ3) is 7.44. The van der Waals surface area contributed by atoms with Crippen molar-refractivity contribution in [3.8, 4) is 0 Å². The Kier molecular flexibility index (Phi) is 11.0. The molecule has 0 rings (SSSR count). The van der Waals surface area contributed by atoms with Gasteiger partial charge in [0.25, 0.3) is 0 Å². The smallest absolute Gasteiger partial charge is 0.429 e. The van der Waals surface area contributed by atoms with E-state index in [9.17, 15) is 9.59 Å². The van der Waals surface area contributed by atoms with Gasteiger partial charge in [-0.3, -0.25) is 0 Å². The minimum atomic E-state index is -0.698. The van der Waals surface area contributed by atoms with Gasteiger partial charge in [-0.2, -0.15) is 11.8 Å². The van der Waals surface area contributed by atoms with Gasteiger partial charge in [0.1, 0.15) is 0 Å². The summed E-state index contributed by atoms with van der Waals surface area (Å²) < 4.78 is 9.71. The van der Waals surface area contributed by atoms with Gasteiger partial charge in [0.15, 0.2) is 0 Å². The van der Waals surface area contributed by atoms with Crippen molar-refractivity contribution < 1.29 is 24.2 Å². The van der Waals surface area contributed by atoms with Gasteiger partial charge < -0.3 is 14.6 Å². The summed E-state index contributed by atoms with van der Waals surface area (Å²) in [6.07, 6.45) is 1.67. The number of aliphatic hydroxyl groups is 1. The lowest BCUT2D eigenvalue weighted by Gasteiger charge is -2.30. The fraction of sp³-hybridized carbons (Fsp3) is 0.833. The lowest BCUT2D eigenvalue weighted by molar-refractivity contribution is 0.0562. The van der Waals surface area contributed by atoms with Gasteiger partial charge in [-0.05, 0) is 32.9 Å². The molecule has 8 heteroatoms. The highest BCUT2D eigenvalue weighted by Crippen LogP contribution is 2.12. The number of carbonyl (C=O) groups is 2. The highest BCUT2D eigenvalue weighted by molar-refractivity contribution is 7.98. The average molecular weight is 308 g/mol. The third-order valence-electron chi connectivity index (χ3n) is 2.37. The number of nitrogens with one attached hydrogen (secondary N) is 1. The Morgan fingerprint density at radius 1 is 1.30 bits per heavy atom. The maximum Gasteiger partial charge on any atom is 0.429 e. The first-order valence-corrected chi connectivity index (χ1v) is 7.99. The second kappa shape index (κ2) is 11.7. The molecular formula is C12H24N2O5S. The van der Waals surface area contributed by atoms with Gasteiger partial charge in [-0.25, -0.2) is 20.0 Å². The van der Waals surface area contributed by atoms with Crippen molar-refractivity contribution in [2.45, 2.75) is 32.7 Å². The van der Waals surface area contributed by atoms with Crippen LogP contribution in [-0.4, -0.2) is 60.2 Å². The van der Waals surface area contributed by atoms with Crippen molar-refractivity contribution in [1.82, 2.24) is 10.4 Å². The highest BCUT2D eigenvalue weighted by atomic mass is 32.2. The van der Waals surface area contributed by atoms with E-state index in [0.717, 1.165) is 5.01 Å². The van der Waals surface area contributed by atoms with Crippen molar-refractivity contribution in [1.29, 1.82) is 0 Å². The molecule has 0 bridgehead atoms. The van der Waals surface area contributed by atoms with Crippen molar-refractivity contribution in [2.75, 3.05) is 31.8 Å². The summed E-state index contributed by atoms with van der Waals surface area (Å²) >= 11 is 1.54. The molecule has 0 heterocycles. The summed E-state index contributed by atoms with van der Waals surface area (Å²) in [6.45, 7) is 3.83. The number of rotatable bonds is 8. The van der Waals surface area contributed by atoms with Crippen molar-refractivity contribution in [2.24, 2.45) is 0 Å².